The average Bonchev–Trinajstić information content (AvgIpc) is 2.10. The molecular weight excluding hydrogens is 432 g/mol. The van der Waals surface area contributed by atoms with E-state index in [1.54, 1.807) is 25.1 Å². The van der Waals surface area contributed by atoms with Crippen LogP contribution < -0.4 is 9.47 Å². The fourth-order valence-corrected chi connectivity index (χ4v) is 1.59. The summed E-state index contributed by atoms with van der Waals surface area (Å²) in [5.41, 5.74) is 0.580. The summed E-state index contributed by atoms with van der Waals surface area (Å²) in [6.45, 7) is 1.68. The predicted molar refractivity (Wildman–Crippen MR) is 70.3 cm³/mol. The van der Waals surface area contributed by atoms with Crippen LogP contribution in [0.25, 0.3) is 0 Å². The summed E-state index contributed by atoms with van der Waals surface area (Å²) < 4.78 is 32.1. The molecule has 0 bridgehead atoms. The molecule has 0 aromatic heterocycles. The summed E-state index contributed by atoms with van der Waals surface area (Å²) in [5, 5.41) is 0. The lowest BCUT2D eigenvalue weighted by Crippen LogP contribution is -2.05. The van der Waals surface area contributed by atoms with E-state index in [2.05, 4.69) is 0 Å². The zero-order valence-corrected chi connectivity index (χ0v) is 12.0. The summed E-state index contributed by atoms with van der Waals surface area (Å²) in [6.07, 6.45) is 0. The van der Waals surface area contributed by atoms with Gasteiger partial charge in [0.25, 0.3) is 8.73 Å². The number of benzene rings is 1. The highest BCUT2D eigenvalue weighted by molar-refractivity contribution is 14.1. The Morgan fingerprint density at radius 3 is 1.80 bits per heavy atom. The van der Waals surface area contributed by atoms with Crippen molar-refractivity contribution in [2.75, 3.05) is 0 Å². The van der Waals surface area contributed by atoms with Gasteiger partial charge in [0.1, 0.15) is 11.5 Å². The van der Waals surface area contributed by atoms with Crippen molar-refractivity contribution in [2.45, 2.75) is 15.7 Å². The number of rotatable bonds is 4. The van der Waals surface area contributed by atoms with Crippen molar-refractivity contribution in [1.82, 2.24) is 0 Å². The highest BCUT2D eigenvalue weighted by Gasteiger charge is 2.11. The van der Waals surface area contributed by atoms with E-state index in [-0.39, 0.29) is 0 Å². The topological polar surface area (TPSA) is 18.5 Å². The van der Waals surface area contributed by atoms with Crippen LogP contribution in [0.1, 0.15) is 5.56 Å². The third kappa shape index (κ3) is 4.25. The largest absolute Gasteiger partial charge is 0.451 e. The molecule has 0 aliphatic heterocycles. The summed E-state index contributed by atoms with van der Waals surface area (Å²) in [6, 6.07) is 4.83. The first-order valence-electron chi connectivity index (χ1n) is 4.00. The lowest BCUT2D eigenvalue weighted by Gasteiger charge is -2.13. The second-order valence-electron chi connectivity index (χ2n) is 2.64. The van der Waals surface area contributed by atoms with E-state index in [0.29, 0.717) is 17.1 Å². The molecule has 1 aromatic carbocycles. The van der Waals surface area contributed by atoms with E-state index in [0.717, 1.165) is 0 Å². The van der Waals surface area contributed by atoms with E-state index in [1.165, 1.54) is 45.2 Å². The van der Waals surface area contributed by atoms with Crippen LogP contribution in [-0.2, 0) is 0 Å². The molecule has 0 amide bonds. The predicted octanol–water partition coefficient (Wildman–Crippen LogP) is 4.13. The van der Waals surface area contributed by atoms with E-state index in [4.69, 9.17) is 9.47 Å². The Kier molecular flexibility index (Phi) is 5.30. The second kappa shape index (κ2) is 6.02. The van der Waals surface area contributed by atoms with Crippen LogP contribution in [0.2, 0.25) is 0 Å². The Balaban J connectivity index is 2.90. The van der Waals surface area contributed by atoms with Crippen molar-refractivity contribution in [3.8, 4) is 11.5 Å². The normalized spacial score (nSPS) is 14.5. The van der Waals surface area contributed by atoms with Crippen molar-refractivity contribution < 1.29 is 18.3 Å². The molecule has 2 atom stereocenters. The highest BCUT2D eigenvalue weighted by Crippen LogP contribution is 2.30. The lowest BCUT2D eigenvalue weighted by atomic mass is 10.2. The summed E-state index contributed by atoms with van der Waals surface area (Å²) in [5.74, 6) is 0.706. The van der Waals surface area contributed by atoms with Gasteiger partial charge in [0.15, 0.2) is 0 Å². The van der Waals surface area contributed by atoms with Gasteiger partial charge in [-0.25, -0.2) is 0 Å². The number of alkyl halides is 4. The molecule has 0 fully saturated rings. The molecule has 0 N–H and O–H groups in total. The quantitative estimate of drug-likeness (QED) is 0.519. The van der Waals surface area contributed by atoms with E-state index >= 15 is 0 Å². The van der Waals surface area contributed by atoms with Crippen molar-refractivity contribution in [1.29, 1.82) is 0 Å². The minimum absolute atomic E-state index is 0.353. The molecule has 84 valence electrons. The van der Waals surface area contributed by atoms with Crippen LogP contribution in [0.5, 0.6) is 11.5 Å². The van der Waals surface area contributed by atoms with Gasteiger partial charge < -0.3 is 9.47 Å². The Bertz CT molecular complexity index is 304. The average molecular weight is 440 g/mol. The minimum atomic E-state index is -1.43. The van der Waals surface area contributed by atoms with Gasteiger partial charge in [-0.05, 0) is 19.1 Å². The monoisotopic (exact) mass is 440 g/mol. The number of hydrogen-bond acceptors (Lipinski definition) is 2. The van der Waals surface area contributed by atoms with Gasteiger partial charge in [0, 0.05) is 50.7 Å². The fourth-order valence-electron chi connectivity index (χ4n) is 1.04. The zero-order chi connectivity index (χ0) is 11.4. The molecule has 6 heteroatoms. The van der Waals surface area contributed by atoms with Gasteiger partial charge >= 0.3 is 0 Å². The smallest absolute Gasteiger partial charge is 0.288 e. The molecule has 0 aliphatic rings. The van der Waals surface area contributed by atoms with Crippen LogP contribution in [0.4, 0.5) is 8.78 Å². The Labute approximate surface area is 114 Å². The van der Waals surface area contributed by atoms with Gasteiger partial charge in [-0.2, -0.15) is 8.78 Å². The third-order valence-corrected chi connectivity index (χ3v) is 2.18. The van der Waals surface area contributed by atoms with Crippen LogP contribution in [0, 0.1) is 6.92 Å². The molecule has 2 nitrogen and oxygen atoms in total. The summed E-state index contributed by atoms with van der Waals surface area (Å²) in [7, 11) is 0. The van der Waals surface area contributed by atoms with E-state index in [1.807, 2.05) is 0 Å². The van der Waals surface area contributed by atoms with Crippen molar-refractivity contribution in [3.05, 3.63) is 23.8 Å². The Hall–Kier alpha value is 0.140. The molecular formula is C9H8F2I2O2. The first-order chi connectivity index (χ1) is 7.00. The highest BCUT2D eigenvalue weighted by atomic mass is 127. The summed E-state index contributed by atoms with van der Waals surface area (Å²) in [4.78, 5) is 0. The second-order valence-corrected chi connectivity index (χ2v) is 4.59. The van der Waals surface area contributed by atoms with Crippen LogP contribution in [0.3, 0.4) is 0 Å². The molecule has 0 aliphatic carbocycles. The first-order valence-corrected chi connectivity index (χ1v) is 6.49. The molecule has 0 saturated carbocycles. The number of hydrogen-bond donors (Lipinski definition) is 0. The number of ether oxygens (including phenoxy) is 2. The Morgan fingerprint density at radius 2 is 1.47 bits per heavy atom. The van der Waals surface area contributed by atoms with Gasteiger partial charge in [0.2, 0.25) is 0 Å². The maximum Gasteiger partial charge on any atom is 0.288 e. The van der Waals surface area contributed by atoms with Crippen molar-refractivity contribution in [3.63, 3.8) is 0 Å². The van der Waals surface area contributed by atoms with Gasteiger partial charge in [-0.15, -0.1) is 0 Å². The third-order valence-electron chi connectivity index (χ3n) is 1.67. The zero-order valence-electron chi connectivity index (χ0n) is 7.72. The molecule has 1 rings (SSSR count). The summed E-state index contributed by atoms with van der Waals surface area (Å²) >= 11 is 2.99. The maximum atomic E-state index is 12.6. The first kappa shape index (κ1) is 13.2. The standard InChI is InChI=1S/C9H8F2I2O2/c1-5-6(14-8(10)12)3-2-4-7(5)15-9(11)13/h2-4,8-9H,1H3. The molecule has 1 aromatic rings. The number of halogens is 4. The van der Waals surface area contributed by atoms with Gasteiger partial charge in [0.05, 0.1) is 0 Å². The van der Waals surface area contributed by atoms with Gasteiger partial charge in [-0.1, -0.05) is 6.07 Å². The molecule has 0 spiro atoms. The van der Waals surface area contributed by atoms with Gasteiger partial charge in [-0.3, -0.25) is 0 Å². The SMILES string of the molecule is Cc1c(OC(F)I)cccc1OC(F)I. The minimum Gasteiger partial charge on any atom is -0.451 e. The fraction of sp³-hybridized carbons (Fsp3) is 0.333. The lowest BCUT2D eigenvalue weighted by molar-refractivity contribution is 0.159. The molecule has 15 heavy (non-hydrogen) atoms. The van der Waals surface area contributed by atoms with Crippen LogP contribution in [-0.4, -0.2) is 8.73 Å². The van der Waals surface area contributed by atoms with Crippen molar-refractivity contribution >= 4 is 45.2 Å². The molecule has 0 radical (unpaired) electrons. The maximum absolute atomic E-state index is 12.6. The van der Waals surface area contributed by atoms with Crippen LogP contribution in [0.15, 0.2) is 18.2 Å². The van der Waals surface area contributed by atoms with Crippen LogP contribution >= 0.6 is 45.2 Å². The van der Waals surface area contributed by atoms with E-state index < -0.39 is 8.73 Å². The molecule has 0 heterocycles. The molecule has 0 saturated heterocycles. The van der Waals surface area contributed by atoms with Crippen molar-refractivity contribution in [2.24, 2.45) is 0 Å². The Morgan fingerprint density at radius 1 is 1.07 bits per heavy atom. The molecule has 2 unspecified atom stereocenters. The van der Waals surface area contributed by atoms with E-state index in [9.17, 15) is 8.78 Å².